The second-order valence-electron chi connectivity index (χ2n) is 14.3. The van der Waals surface area contributed by atoms with Crippen LogP contribution in [0, 0.1) is 0 Å². The fourth-order valence-electron chi connectivity index (χ4n) is 6.32. The molecular weight excluding hydrogens is 673 g/mol. The summed E-state index contributed by atoms with van der Waals surface area (Å²) in [5, 5.41) is 0. The molecule has 1 aromatic rings. The standard InChI is InChI=1S/C44H74O7S/c1-3-5-7-9-11-13-15-17-19-21-23-25-27-29-31-33-38-50-43(45)40-36-35-37-41(52(47,48)49)42(40)44(46)51-39-34-32-30-28-26-24-22-20-18-16-14-12-10-8-6-4-2/h7-10,35-37H,3-6,11-34,38-39H2,1-2H3,(H,47,48,49)/b9-7+,10-8+. The number of allylic oxidation sites excluding steroid dienone is 4. The number of hydrogen-bond acceptors (Lipinski definition) is 6. The fourth-order valence-corrected chi connectivity index (χ4v) is 7.02. The van der Waals surface area contributed by atoms with Crippen molar-refractivity contribution in [2.45, 2.75) is 199 Å². The van der Waals surface area contributed by atoms with E-state index >= 15 is 0 Å². The van der Waals surface area contributed by atoms with Crippen molar-refractivity contribution in [3.8, 4) is 0 Å². The first-order chi connectivity index (χ1) is 25.3. The maximum absolute atomic E-state index is 13.0. The number of rotatable bonds is 35. The molecule has 0 bridgehead atoms. The Morgan fingerprint density at radius 3 is 1.25 bits per heavy atom. The van der Waals surface area contributed by atoms with Crippen LogP contribution in [0.25, 0.3) is 0 Å². The molecule has 0 saturated carbocycles. The van der Waals surface area contributed by atoms with Gasteiger partial charge in [0.15, 0.2) is 0 Å². The van der Waals surface area contributed by atoms with E-state index < -0.39 is 32.5 Å². The summed E-state index contributed by atoms with van der Waals surface area (Å²) >= 11 is 0. The van der Waals surface area contributed by atoms with Gasteiger partial charge in [-0.05, 0) is 63.5 Å². The Morgan fingerprint density at radius 1 is 0.519 bits per heavy atom. The largest absolute Gasteiger partial charge is 0.462 e. The summed E-state index contributed by atoms with van der Waals surface area (Å²) < 4.78 is 44.7. The lowest BCUT2D eigenvalue weighted by molar-refractivity contribution is 0.0446. The summed E-state index contributed by atoms with van der Waals surface area (Å²) in [6.07, 6.45) is 41.9. The lowest BCUT2D eigenvalue weighted by Gasteiger charge is -2.13. The first-order valence-electron chi connectivity index (χ1n) is 21.1. The second kappa shape index (κ2) is 33.1. The lowest BCUT2D eigenvalue weighted by atomic mass is 10.0. The molecule has 0 aromatic heterocycles. The molecule has 1 rings (SSSR count). The summed E-state index contributed by atoms with van der Waals surface area (Å²) in [6.45, 7) is 4.70. The van der Waals surface area contributed by atoms with Crippen molar-refractivity contribution < 1.29 is 32.0 Å². The summed E-state index contributed by atoms with van der Waals surface area (Å²) in [5.74, 6) is -1.74. The Bertz CT molecular complexity index is 1200. The van der Waals surface area contributed by atoms with Crippen molar-refractivity contribution in [1.29, 1.82) is 0 Å². The molecule has 0 spiro atoms. The van der Waals surface area contributed by atoms with E-state index in [0.29, 0.717) is 12.8 Å². The smallest absolute Gasteiger partial charge is 0.340 e. The lowest BCUT2D eigenvalue weighted by Crippen LogP contribution is -2.19. The minimum absolute atomic E-state index is 0.109. The van der Waals surface area contributed by atoms with Gasteiger partial charge in [0.05, 0.1) is 24.3 Å². The van der Waals surface area contributed by atoms with E-state index in [0.717, 1.165) is 44.6 Å². The molecule has 0 saturated heterocycles. The summed E-state index contributed by atoms with van der Waals surface area (Å²) in [7, 11) is -4.76. The number of benzene rings is 1. The van der Waals surface area contributed by atoms with Crippen molar-refractivity contribution in [3.63, 3.8) is 0 Å². The molecule has 52 heavy (non-hydrogen) atoms. The second-order valence-corrected chi connectivity index (χ2v) is 15.7. The fraction of sp³-hybridized carbons (Fsp3) is 0.727. The van der Waals surface area contributed by atoms with Gasteiger partial charge in [0.1, 0.15) is 4.90 Å². The zero-order chi connectivity index (χ0) is 38.0. The SMILES string of the molecule is CCC/C=C/CCCCCCCCCCCCCOC(=O)c1cccc(S(=O)(=O)O)c1C(=O)OCCCCCCCCCCCCC/C=C/CCC. The molecule has 1 N–H and O–H groups in total. The van der Waals surface area contributed by atoms with Crippen LogP contribution in [0.2, 0.25) is 0 Å². The molecule has 8 heteroatoms. The first kappa shape index (κ1) is 47.6. The molecule has 298 valence electrons. The molecular formula is C44H74O7S. The van der Waals surface area contributed by atoms with Gasteiger partial charge in [-0.2, -0.15) is 8.42 Å². The summed E-state index contributed by atoms with van der Waals surface area (Å²) in [5.41, 5.74) is -0.677. The van der Waals surface area contributed by atoms with Crippen LogP contribution in [0.15, 0.2) is 47.4 Å². The Balaban J connectivity index is 2.25. The molecule has 0 fully saturated rings. The Kier molecular flexibility index (Phi) is 30.3. The van der Waals surface area contributed by atoms with Crippen molar-refractivity contribution in [3.05, 3.63) is 53.6 Å². The molecule has 0 heterocycles. The summed E-state index contributed by atoms with van der Waals surface area (Å²) in [4.78, 5) is 25.3. The molecule has 7 nitrogen and oxygen atoms in total. The molecule has 0 aliphatic rings. The van der Waals surface area contributed by atoms with Crippen LogP contribution >= 0.6 is 0 Å². The van der Waals surface area contributed by atoms with Gasteiger partial charge in [-0.15, -0.1) is 0 Å². The molecule has 0 aliphatic carbocycles. The monoisotopic (exact) mass is 747 g/mol. The quantitative estimate of drug-likeness (QED) is 0.0319. The normalized spacial score (nSPS) is 11.9. The number of esters is 2. The van der Waals surface area contributed by atoms with Gasteiger partial charge in [0, 0.05) is 0 Å². The predicted molar refractivity (Wildman–Crippen MR) is 216 cm³/mol. The maximum atomic E-state index is 13.0. The summed E-state index contributed by atoms with van der Waals surface area (Å²) in [6, 6.07) is 3.75. The highest BCUT2D eigenvalue weighted by molar-refractivity contribution is 7.86. The van der Waals surface area contributed by atoms with Crippen LogP contribution in [0.5, 0.6) is 0 Å². The molecule has 0 aliphatic heterocycles. The van der Waals surface area contributed by atoms with E-state index in [2.05, 4.69) is 38.2 Å². The highest BCUT2D eigenvalue weighted by Gasteiger charge is 2.28. The van der Waals surface area contributed by atoms with Crippen molar-refractivity contribution in [2.75, 3.05) is 13.2 Å². The zero-order valence-electron chi connectivity index (χ0n) is 33.1. The highest BCUT2D eigenvalue weighted by atomic mass is 32.2. The number of ether oxygens (including phenoxy) is 2. The highest BCUT2D eigenvalue weighted by Crippen LogP contribution is 2.23. The number of unbranched alkanes of at least 4 members (excludes halogenated alkanes) is 24. The zero-order valence-corrected chi connectivity index (χ0v) is 33.9. The number of carbonyl (C=O) groups excluding carboxylic acids is 2. The average molecular weight is 747 g/mol. The van der Waals surface area contributed by atoms with Crippen LogP contribution in [-0.2, 0) is 19.6 Å². The Morgan fingerprint density at radius 2 is 0.865 bits per heavy atom. The minimum atomic E-state index is -4.76. The van der Waals surface area contributed by atoms with E-state index in [1.165, 1.54) is 141 Å². The third-order valence-corrected chi connectivity index (χ3v) is 10.4. The topological polar surface area (TPSA) is 107 Å². The van der Waals surface area contributed by atoms with Crippen LogP contribution in [0.1, 0.15) is 214 Å². The van der Waals surface area contributed by atoms with E-state index in [9.17, 15) is 22.6 Å². The van der Waals surface area contributed by atoms with Crippen LogP contribution in [-0.4, -0.2) is 38.1 Å². The predicted octanol–water partition coefficient (Wildman–Crippen LogP) is 13.3. The first-order valence-corrected chi connectivity index (χ1v) is 22.5. The van der Waals surface area contributed by atoms with Crippen molar-refractivity contribution in [2.24, 2.45) is 0 Å². The van der Waals surface area contributed by atoms with Crippen LogP contribution in [0.4, 0.5) is 0 Å². The van der Waals surface area contributed by atoms with Gasteiger partial charge in [-0.3, -0.25) is 4.55 Å². The molecule has 1 aromatic carbocycles. The molecule has 0 amide bonds. The number of carbonyl (C=O) groups is 2. The van der Waals surface area contributed by atoms with Gasteiger partial charge in [-0.25, -0.2) is 9.59 Å². The van der Waals surface area contributed by atoms with Gasteiger partial charge in [-0.1, -0.05) is 173 Å². The Labute approximate surface area is 318 Å². The minimum Gasteiger partial charge on any atom is -0.462 e. The maximum Gasteiger partial charge on any atom is 0.340 e. The van der Waals surface area contributed by atoms with Gasteiger partial charge in [0.2, 0.25) is 0 Å². The molecule has 0 atom stereocenters. The van der Waals surface area contributed by atoms with Gasteiger partial charge >= 0.3 is 11.9 Å². The van der Waals surface area contributed by atoms with Gasteiger partial charge < -0.3 is 9.47 Å². The third-order valence-electron chi connectivity index (χ3n) is 9.47. The van der Waals surface area contributed by atoms with Gasteiger partial charge in [0.25, 0.3) is 10.1 Å². The van der Waals surface area contributed by atoms with Crippen molar-refractivity contribution >= 4 is 22.1 Å². The number of hydrogen-bond donors (Lipinski definition) is 1. The van der Waals surface area contributed by atoms with E-state index in [4.69, 9.17) is 9.47 Å². The van der Waals surface area contributed by atoms with Crippen LogP contribution < -0.4 is 0 Å². The van der Waals surface area contributed by atoms with E-state index in [1.807, 2.05) is 0 Å². The van der Waals surface area contributed by atoms with Crippen LogP contribution in [0.3, 0.4) is 0 Å². The average Bonchev–Trinajstić information content (AvgIpc) is 3.13. The van der Waals surface area contributed by atoms with E-state index in [1.54, 1.807) is 0 Å². The third kappa shape index (κ3) is 25.5. The van der Waals surface area contributed by atoms with Crippen molar-refractivity contribution in [1.82, 2.24) is 0 Å². The Hall–Kier alpha value is -2.45. The molecule has 0 radical (unpaired) electrons. The van der Waals surface area contributed by atoms with E-state index in [-0.39, 0.29) is 18.8 Å². The molecule has 0 unspecified atom stereocenters.